The molecule has 0 aromatic carbocycles. The first-order valence-electron chi connectivity index (χ1n) is 4.23. The van der Waals surface area contributed by atoms with Crippen LogP contribution in [-0.2, 0) is 15.2 Å². The smallest absolute Gasteiger partial charge is 0.257 e. The first-order valence-corrected chi connectivity index (χ1v) is 5.33. The van der Waals surface area contributed by atoms with Crippen molar-refractivity contribution in [2.24, 2.45) is 0 Å². The minimum atomic E-state index is -2.88. The van der Waals surface area contributed by atoms with Crippen molar-refractivity contribution < 1.29 is 12.6 Å². The first kappa shape index (κ1) is 11.6. The lowest BCUT2D eigenvalue weighted by Gasteiger charge is -2.10. The van der Waals surface area contributed by atoms with E-state index >= 15 is 0 Å². The highest BCUT2D eigenvalue weighted by Gasteiger charge is 2.11. The van der Waals surface area contributed by atoms with Crippen molar-refractivity contribution in [3.8, 4) is 6.07 Å². The summed E-state index contributed by atoms with van der Waals surface area (Å²) in [7, 11) is -2.88. The van der Waals surface area contributed by atoms with Crippen LogP contribution in [0.15, 0.2) is 12.1 Å². The summed E-state index contributed by atoms with van der Waals surface area (Å²) in [4.78, 5) is 3.98. The van der Waals surface area contributed by atoms with Crippen LogP contribution < -0.4 is 0 Å². The van der Waals surface area contributed by atoms with Gasteiger partial charge < -0.3 is 0 Å². The van der Waals surface area contributed by atoms with Gasteiger partial charge in [-0.2, -0.15) is 5.26 Å². The van der Waals surface area contributed by atoms with Crippen LogP contribution >= 0.6 is 0 Å². The van der Waals surface area contributed by atoms with Gasteiger partial charge in [0.05, 0.1) is 0 Å². The largest absolute Gasteiger partial charge is 0.264 e. The van der Waals surface area contributed by atoms with Crippen LogP contribution in [0.25, 0.3) is 0 Å². The normalized spacial score (nSPS) is 12.4. The van der Waals surface area contributed by atoms with Crippen molar-refractivity contribution in [2.45, 2.75) is 20.0 Å². The van der Waals surface area contributed by atoms with Crippen molar-refractivity contribution in [3.05, 3.63) is 29.1 Å². The summed E-state index contributed by atoms with van der Waals surface area (Å²) in [5.41, 5.74) is 1.56. The van der Waals surface area contributed by atoms with Gasteiger partial charge in [-0.15, -0.1) is 0 Å². The number of nitriles is 1. The first-order chi connectivity index (χ1) is 7.04. The third-order valence-electron chi connectivity index (χ3n) is 1.92. The fourth-order valence-corrected chi connectivity index (χ4v) is 1.62. The second-order valence-electron chi connectivity index (χ2n) is 2.95. The second kappa shape index (κ2) is 4.87. The summed E-state index contributed by atoms with van der Waals surface area (Å²) < 4.78 is 25.3. The van der Waals surface area contributed by atoms with E-state index in [2.05, 4.69) is 9.17 Å². The van der Waals surface area contributed by atoms with Crippen LogP contribution in [0.2, 0.25) is 0 Å². The third-order valence-corrected chi connectivity index (χ3v) is 2.41. The average Bonchev–Trinajstić information content (AvgIpc) is 2.16. The van der Waals surface area contributed by atoms with Crippen molar-refractivity contribution in [2.75, 3.05) is 0 Å². The molecule has 0 spiro atoms. The molecule has 15 heavy (non-hydrogen) atoms. The summed E-state index contributed by atoms with van der Waals surface area (Å²) in [5, 5.41) is 8.60. The lowest BCUT2D eigenvalue weighted by atomic mass is 10.1. The Bertz CT molecular complexity index is 469. The van der Waals surface area contributed by atoms with E-state index in [1.54, 1.807) is 19.9 Å². The van der Waals surface area contributed by atoms with E-state index in [0.29, 0.717) is 17.0 Å². The summed E-state index contributed by atoms with van der Waals surface area (Å²) in [6.07, 6.45) is -0.577. The van der Waals surface area contributed by atoms with Crippen molar-refractivity contribution in [1.82, 2.24) is 4.98 Å². The van der Waals surface area contributed by atoms with Crippen LogP contribution in [0, 0.1) is 18.3 Å². The summed E-state index contributed by atoms with van der Waals surface area (Å²) in [6, 6.07) is 5.07. The predicted molar refractivity (Wildman–Crippen MR) is 53.5 cm³/mol. The number of hydrogen-bond donors (Lipinski definition) is 1. The lowest BCUT2D eigenvalue weighted by molar-refractivity contribution is 0.244. The van der Waals surface area contributed by atoms with Crippen molar-refractivity contribution >= 4 is 11.0 Å². The molecule has 0 aliphatic heterocycles. The minimum Gasteiger partial charge on any atom is -0.264 e. The standard InChI is InChI=1S/C9H10N2O3S/c1-6-9(7(2)14-15(12)13)4-3-8(5-10)11-6/h3-4,7,15H,1-2H3. The minimum absolute atomic E-state index is 0.301. The van der Waals surface area contributed by atoms with Gasteiger partial charge >= 0.3 is 0 Å². The van der Waals surface area contributed by atoms with E-state index in [-0.39, 0.29) is 0 Å². The maximum absolute atomic E-state index is 10.4. The molecule has 6 heteroatoms. The fourth-order valence-electron chi connectivity index (χ4n) is 1.25. The second-order valence-corrected chi connectivity index (χ2v) is 3.61. The molecule has 0 saturated carbocycles. The zero-order valence-corrected chi connectivity index (χ0v) is 9.19. The van der Waals surface area contributed by atoms with Gasteiger partial charge in [0, 0.05) is 11.3 Å². The molecule has 0 fully saturated rings. The van der Waals surface area contributed by atoms with E-state index in [0.717, 1.165) is 0 Å². The van der Waals surface area contributed by atoms with Crippen LogP contribution in [0.1, 0.15) is 30.0 Å². The quantitative estimate of drug-likeness (QED) is 0.773. The Labute approximate surface area is 89.5 Å². The van der Waals surface area contributed by atoms with E-state index in [9.17, 15) is 8.42 Å². The monoisotopic (exact) mass is 226 g/mol. The highest BCUT2D eigenvalue weighted by atomic mass is 32.2. The average molecular weight is 226 g/mol. The summed E-state index contributed by atoms with van der Waals surface area (Å²) in [5.74, 6) is 0. The number of pyridine rings is 1. The van der Waals surface area contributed by atoms with Gasteiger partial charge in [-0.1, -0.05) is 6.07 Å². The van der Waals surface area contributed by atoms with Gasteiger partial charge in [-0.05, 0) is 19.9 Å². The molecule has 0 saturated heterocycles. The molecule has 1 unspecified atom stereocenters. The number of rotatable bonds is 3. The molecule has 0 radical (unpaired) electrons. The van der Waals surface area contributed by atoms with Gasteiger partial charge in [0.1, 0.15) is 17.9 Å². The Balaban J connectivity index is 3.01. The predicted octanol–water partition coefficient (Wildman–Crippen LogP) is 0.866. The molecule has 1 atom stereocenters. The summed E-state index contributed by atoms with van der Waals surface area (Å²) >= 11 is 0. The van der Waals surface area contributed by atoms with Crippen LogP contribution in [0.5, 0.6) is 0 Å². The molecule has 0 N–H and O–H groups in total. The third kappa shape index (κ3) is 3.01. The zero-order valence-electron chi connectivity index (χ0n) is 8.30. The van der Waals surface area contributed by atoms with E-state index < -0.39 is 17.1 Å². The Hall–Kier alpha value is -1.45. The Morgan fingerprint density at radius 1 is 1.53 bits per heavy atom. The van der Waals surface area contributed by atoms with E-state index in [4.69, 9.17) is 5.26 Å². The summed E-state index contributed by atoms with van der Waals surface area (Å²) in [6.45, 7) is 3.31. The molecule has 1 rings (SSSR count). The number of aryl methyl sites for hydroxylation is 1. The van der Waals surface area contributed by atoms with Crippen LogP contribution in [0.3, 0.4) is 0 Å². The maximum atomic E-state index is 10.4. The Morgan fingerprint density at radius 3 is 2.67 bits per heavy atom. The van der Waals surface area contributed by atoms with Gasteiger partial charge in [-0.25, -0.2) is 13.4 Å². The molecule has 0 aliphatic rings. The Kier molecular flexibility index (Phi) is 3.77. The maximum Gasteiger partial charge on any atom is 0.257 e. The number of aromatic nitrogens is 1. The topological polar surface area (TPSA) is 80.0 Å². The fraction of sp³-hybridized carbons (Fsp3) is 0.333. The molecule has 5 nitrogen and oxygen atoms in total. The van der Waals surface area contributed by atoms with E-state index in [1.807, 2.05) is 6.07 Å². The van der Waals surface area contributed by atoms with Gasteiger partial charge in [0.25, 0.3) is 11.0 Å². The SMILES string of the molecule is Cc1nc(C#N)ccc1C(C)O[SH](=O)=O. The van der Waals surface area contributed by atoms with E-state index in [1.165, 1.54) is 6.07 Å². The van der Waals surface area contributed by atoms with Crippen molar-refractivity contribution in [3.63, 3.8) is 0 Å². The molecule has 1 aromatic rings. The highest BCUT2D eigenvalue weighted by molar-refractivity contribution is 7.67. The molecular formula is C9H10N2O3S. The van der Waals surface area contributed by atoms with Gasteiger partial charge in [0.15, 0.2) is 0 Å². The molecule has 0 bridgehead atoms. The lowest BCUT2D eigenvalue weighted by Crippen LogP contribution is -2.03. The van der Waals surface area contributed by atoms with Gasteiger partial charge in [-0.3, -0.25) is 4.18 Å². The number of thiol groups is 1. The zero-order chi connectivity index (χ0) is 11.4. The van der Waals surface area contributed by atoms with Gasteiger partial charge in [0.2, 0.25) is 0 Å². The molecule has 0 amide bonds. The highest BCUT2D eigenvalue weighted by Crippen LogP contribution is 2.19. The molecule has 0 aliphatic carbocycles. The Morgan fingerprint density at radius 2 is 2.20 bits per heavy atom. The number of nitrogens with zero attached hydrogens (tertiary/aromatic N) is 2. The van der Waals surface area contributed by atoms with Crippen LogP contribution in [-0.4, -0.2) is 13.4 Å². The molecule has 80 valence electrons. The molecule has 1 aromatic heterocycles. The van der Waals surface area contributed by atoms with Crippen molar-refractivity contribution in [1.29, 1.82) is 5.26 Å². The van der Waals surface area contributed by atoms with Crippen LogP contribution in [0.4, 0.5) is 0 Å². The molecule has 1 heterocycles. The number of hydrogen-bond acceptors (Lipinski definition) is 5. The molecular weight excluding hydrogens is 216 g/mol.